The molecule has 0 unspecified atom stereocenters. The van der Waals surface area contributed by atoms with Gasteiger partial charge in [-0.25, -0.2) is 9.47 Å². The van der Waals surface area contributed by atoms with Crippen LogP contribution in [0, 0.1) is 0 Å². The van der Waals surface area contributed by atoms with Crippen LogP contribution in [-0.4, -0.2) is 9.24 Å². The van der Waals surface area contributed by atoms with Crippen LogP contribution in [0.2, 0.25) is 0 Å². The molecular weight excluding hydrogens is 242 g/mol. The van der Waals surface area contributed by atoms with Crippen molar-refractivity contribution < 1.29 is 0 Å². The van der Waals surface area contributed by atoms with Crippen LogP contribution in [0.15, 0.2) is 9.59 Å². The van der Waals surface area contributed by atoms with Crippen molar-refractivity contribution in [3.63, 3.8) is 0 Å². The Balaban J connectivity index is 2.13. The Morgan fingerprint density at radius 3 is 2.32 bits per heavy atom. The molecule has 0 amide bonds. The van der Waals surface area contributed by atoms with Crippen LogP contribution in [0.4, 0.5) is 0 Å². The first-order chi connectivity index (χ1) is 9.20. The van der Waals surface area contributed by atoms with E-state index in [4.69, 9.17) is 5.84 Å². The summed E-state index contributed by atoms with van der Waals surface area (Å²) in [6.07, 6.45) is 8.88. The second kappa shape index (κ2) is 4.87. The minimum Gasteiger partial charge on any atom is -0.335 e. The maximum atomic E-state index is 12.5. The molecule has 5 heteroatoms. The lowest BCUT2D eigenvalue weighted by atomic mass is 10.1. The monoisotopic (exact) mass is 263 g/mol. The summed E-state index contributed by atoms with van der Waals surface area (Å²) < 4.78 is 2.66. The number of hydrogen-bond donors (Lipinski definition) is 1. The Morgan fingerprint density at radius 1 is 0.947 bits per heavy atom. The Bertz CT molecular complexity index is 592. The van der Waals surface area contributed by atoms with Crippen LogP contribution in [0.3, 0.4) is 0 Å². The summed E-state index contributed by atoms with van der Waals surface area (Å²) in [5.74, 6) is 5.89. The van der Waals surface area contributed by atoms with Gasteiger partial charge in [-0.05, 0) is 32.1 Å². The van der Waals surface area contributed by atoms with Gasteiger partial charge in [-0.2, -0.15) is 0 Å². The Labute approximate surface area is 112 Å². The maximum absolute atomic E-state index is 12.5. The summed E-state index contributed by atoms with van der Waals surface area (Å²) in [7, 11) is 0. The fourth-order valence-corrected chi connectivity index (χ4v) is 3.53. The number of nitrogen functional groups attached to an aromatic ring is 1. The van der Waals surface area contributed by atoms with Crippen LogP contribution < -0.4 is 17.1 Å². The Hall–Kier alpha value is -1.52. The minimum absolute atomic E-state index is 0.0446. The molecule has 1 aromatic rings. The Morgan fingerprint density at radius 2 is 1.63 bits per heavy atom. The van der Waals surface area contributed by atoms with Crippen LogP contribution in [0.25, 0.3) is 0 Å². The van der Waals surface area contributed by atoms with Gasteiger partial charge >= 0.3 is 5.69 Å². The summed E-state index contributed by atoms with van der Waals surface area (Å²) >= 11 is 0. The van der Waals surface area contributed by atoms with E-state index in [2.05, 4.69) is 0 Å². The predicted octanol–water partition coefficient (Wildman–Crippen LogP) is 1.11. The van der Waals surface area contributed by atoms with Crippen molar-refractivity contribution in [2.24, 2.45) is 0 Å². The topological polar surface area (TPSA) is 70.0 Å². The lowest BCUT2D eigenvalue weighted by molar-refractivity contribution is 0.405. The highest BCUT2D eigenvalue weighted by Crippen LogP contribution is 2.25. The van der Waals surface area contributed by atoms with E-state index >= 15 is 0 Å². The standard InChI is InChI=1S/C14H21N3O2/c15-17-12-9-5-8-11(12)13(18)16(14(17)19)10-6-3-1-2-4-7-10/h10H,1-9,15H2. The third-order valence-corrected chi connectivity index (χ3v) is 4.56. The summed E-state index contributed by atoms with van der Waals surface area (Å²) in [6.45, 7) is 0. The molecule has 0 saturated heterocycles. The van der Waals surface area contributed by atoms with Crippen molar-refractivity contribution >= 4 is 0 Å². The normalized spacial score (nSPS) is 20.2. The second-order valence-electron chi connectivity index (χ2n) is 5.75. The molecule has 2 aliphatic carbocycles. The van der Waals surface area contributed by atoms with Gasteiger partial charge in [0.25, 0.3) is 5.56 Å². The summed E-state index contributed by atoms with van der Waals surface area (Å²) in [5, 5.41) is 0. The largest absolute Gasteiger partial charge is 0.349 e. The molecule has 0 atom stereocenters. The van der Waals surface area contributed by atoms with Gasteiger partial charge in [0.2, 0.25) is 0 Å². The van der Waals surface area contributed by atoms with E-state index in [0.29, 0.717) is 0 Å². The SMILES string of the molecule is Nn1c2c(c(=O)n(C3CCCCCC3)c1=O)CCC2. The zero-order chi connectivity index (χ0) is 13.4. The van der Waals surface area contributed by atoms with E-state index in [0.717, 1.165) is 56.2 Å². The highest BCUT2D eigenvalue weighted by atomic mass is 16.2. The number of fused-ring (bicyclic) bond motifs is 1. The van der Waals surface area contributed by atoms with Crippen molar-refractivity contribution in [2.75, 3.05) is 5.84 Å². The molecular formula is C14H21N3O2. The van der Waals surface area contributed by atoms with E-state index in [1.807, 2.05) is 0 Å². The summed E-state index contributed by atoms with van der Waals surface area (Å²) in [5.41, 5.74) is 1.12. The first-order valence-corrected chi connectivity index (χ1v) is 7.34. The van der Waals surface area contributed by atoms with Gasteiger partial charge in [0.05, 0.1) is 5.69 Å². The van der Waals surface area contributed by atoms with Crippen LogP contribution >= 0.6 is 0 Å². The highest BCUT2D eigenvalue weighted by Gasteiger charge is 2.25. The van der Waals surface area contributed by atoms with E-state index in [-0.39, 0.29) is 17.3 Å². The van der Waals surface area contributed by atoms with Crippen molar-refractivity contribution in [1.82, 2.24) is 9.24 Å². The molecule has 104 valence electrons. The zero-order valence-corrected chi connectivity index (χ0v) is 11.2. The van der Waals surface area contributed by atoms with Gasteiger partial charge < -0.3 is 5.84 Å². The van der Waals surface area contributed by atoms with E-state index in [1.165, 1.54) is 22.1 Å². The van der Waals surface area contributed by atoms with Gasteiger partial charge in [-0.1, -0.05) is 25.7 Å². The molecule has 2 aliphatic rings. The van der Waals surface area contributed by atoms with Gasteiger partial charge in [0.1, 0.15) is 0 Å². The van der Waals surface area contributed by atoms with Crippen molar-refractivity contribution in [1.29, 1.82) is 0 Å². The molecule has 0 aromatic carbocycles. The molecule has 5 nitrogen and oxygen atoms in total. The van der Waals surface area contributed by atoms with Crippen molar-refractivity contribution in [3.05, 3.63) is 32.1 Å². The molecule has 2 N–H and O–H groups in total. The van der Waals surface area contributed by atoms with Gasteiger partial charge in [-0.15, -0.1) is 0 Å². The second-order valence-corrected chi connectivity index (χ2v) is 5.75. The molecule has 1 heterocycles. The number of nitrogens with zero attached hydrogens (tertiary/aromatic N) is 2. The molecule has 1 aromatic heterocycles. The average molecular weight is 263 g/mol. The quantitative estimate of drug-likeness (QED) is 0.609. The maximum Gasteiger partial charge on any atom is 0.349 e. The Kier molecular flexibility index (Phi) is 3.21. The molecule has 1 saturated carbocycles. The fraction of sp³-hybridized carbons (Fsp3) is 0.714. The van der Waals surface area contributed by atoms with E-state index in [9.17, 15) is 9.59 Å². The molecule has 3 rings (SSSR count). The third-order valence-electron chi connectivity index (χ3n) is 4.56. The lowest BCUT2D eigenvalue weighted by Gasteiger charge is -2.19. The lowest BCUT2D eigenvalue weighted by Crippen LogP contribution is -2.47. The van der Waals surface area contributed by atoms with Gasteiger partial charge in [0.15, 0.2) is 0 Å². The average Bonchev–Trinajstić information content (AvgIpc) is 2.75. The first kappa shape index (κ1) is 12.5. The van der Waals surface area contributed by atoms with E-state index in [1.54, 1.807) is 0 Å². The summed E-state index contributed by atoms with van der Waals surface area (Å²) in [4.78, 5) is 24.9. The number of rotatable bonds is 1. The van der Waals surface area contributed by atoms with Crippen molar-refractivity contribution in [3.8, 4) is 0 Å². The number of hydrogen-bond acceptors (Lipinski definition) is 3. The van der Waals surface area contributed by atoms with Gasteiger partial charge in [-0.3, -0.25) is 9.36 Å². The van der Waals surface area contributed by atoms with E-state index < -0.39 is 0 Å². The molecule has 0 radical (unpaired) electrons. The highest BCUT2D eigenvalue weighted by molar-refractivity contribution is 5.23. The minimum atomic E-state index is -0.322. The fourth-order valence-electron chi connectivity index (χ4n) is 3.53. The first-order valence-electron chi connectivity index (χ1n) is 7.34. The van der Waals surface area contributed by atoms with Crippen molar-refractivity contribution in [2.45, 2.75) is 63.8 Å². The molecule has 19 heavy (non-hydrogen) atoms. The predicted molar refractivity (Wildman–Crippen MR) is 73.9 cm³/mol. The molecule has 0 bridgehead atoms. The number of aromatic nitrogens is 2. The molecule has 0 spiro atoms. The van der Waals surface area contributed by atoms with Crippen LogP contribution in [-0.2, 0) is 12.8 Å². The van der Waals surface area contributed by atoms with Gasteiger partial charge in [0, 0.05) is 11.6 Å². The van der Waals surface area contributed by atoms with Crippen LogP contribution in [0.5, 0.6) is 0 Å². The molecule has 0 aliphatic heterocycles. The molecule has 1 fully saturated rings. The smallest absolute Gasteiger partial charge is 0.335 e. The third kappa shape index (κ3) is 2.01. The zero-order valence-electron chi connectivity index (χ0n) is 11.2. The van der Waals surface area contributed by atoms with Crippen LogP contribution in [0.1, 0.15) is 62.2 Å². The summed E-state index contributed by atoms with van der Waals surface area (Å²) in [6, 6.07) is 0.0446. The number of nitrogens with two attached hydrogens (primary N) is 1.